The average molecular weight is 262 g/mol. The van der Waals surface area contributed by atoms with Crippen LogP contribution in [0.15, 0.2) is 24.3 Å². The fourth-order valence-corrected chi connectivity index (χ4v) is 2.71. The Labute approximate surface area is 116 Å². The number of likely N-dealkylation sites (tertiary alicyclic amines) is 1. The molecule has 19 heavy (non-hydrogen) atoms. The number of ether oxygens (including phenoxy) is 1. The molecule has 1 atom stereocenters. The van der Waals surface area contributed by atoms with Crippen LogP contribution >= 0.6 is 0 Å². The molecule has 3 heteroatoms. The molecule has 1 aromatic carbocycles. The van der Waals surface area contributed by atoms with E-state index >= 15 is 0 Å². The largest absolute Gasteiger partial charge is 0.377 e. The maximum Gasteiger partial charge on any atom is 0.0716 e. The molecule has 1 saturated heterocycles. The van der Waals surface area contributed by atoms with Gasteiger partial charge in [0.05, 0.1) is 6.61 Å². The Morgan fingerprint density at radius 2 is 2.00 bits per heavy atom. The molecule has 0 aromatic heterocycles. The van der Waals surface area contributed by atoms with Gasteiger partial charge in [0.1, 0.15) is 0 Å². The molecule has 2 rings (SSSR count). The second kappa shape index (κ2) is 7.63. The first kappa shape index (κ1) is 14.5. The molecule has 0 saturated carbocycles. The lowest BCUT2D eigenvalue weighted by molar-refractivity contribution is 0.101. The number of benzene rings is 1. The van der Waals surface area contributed by atoms with Crippen LogP contribution in [0, 0.1) is 0 Å². The summed E-state index contributed by atoms with van der Waals surface area (Å²) in [6.07, 6.45) is 3.83. The van der Waals surface area contributed by atoms with Gasteiger partial charge in [0, 0.05) is 19.2 Å². The summed E-state index contributed by atoms with van der Waals surface area (Å²) in [4.78, 5) is 2.45. The lowest BCUT2D eigenvalue weighted by atomic mass is 10.1. The molecule has 1 aliphatic heterocycles. The minimum absolute atomic E-state index is 0.732. The summed E-state index contributed by atoms with van der Waals surface area (Å²) in [5.41, 5.74) is 2.58. The third-order valence-corrected chi connectivity index (χ3v) is 3.94. The van der Waals surface area contributed by atoms with Gasteiger partial charge in [0.25, 0.3) is 0 Å². The van der Waals surface area contributed by atoms with Crippen LogP contribution in [0.25, 0.3) is 0 Å². The van der Waals surface area contributed by atoms with Crippen LogP contribution in [0.5, 0.6) is 0 Å². The highest BCUT2D eigenvalue weighted by Crippen LogP contribution is 2.17. The number of hydrogen-bond donors (Lipinski definition) is 1. The van der Waals surface area contributed by atoms with Gasteiger partial charge >= 0.3 is 0 Å². The average Bonchev–Trinajstić information content (AvgIpc) is 2.83. The van der Waals surface area contributed by atoms with Crippen molar-refractivity contribution in [3.05, 3.63) is 35.4 Å². The molecule has 1 N–H and O–H groups in total. The molecular weight excluding hydrogens is 236 g/mol. The number of hydrogen-bond acceptors (Lipinski definition) is 3. The minimum Gasteiger partial charge on any atom is -0.377 e. The Hall–Kier alpha value is -0.900. The molecular formula is C16H26N2O. The summed E-state index contributed by atoms with van der Waals surface area (Å²) >= 11 is 0. The smallest absolute Gasteiger partial charge is 0.0716 e. The first-order chi connectivity index (χ1) is 9.29. The van der Waals surface area contributed by atoms with Gasteiger partial charge in [-0.2, -0.15) is 0 Å². The van der Waals surface area contributed by atoms with E-state index in [1.54, 1.807) is 0 Å². The zero-order valence-electron chi connectivity index (χ0n) is 12.2. The van der Waals surface area contributed by atoms with Crippen molar-refractivity contribution >= 4 is 0 Å². The van der Waals surface area contributed by atoms with E-state index in [0.29, 0.717) is 0 Å². The van der Waals surface area contributed by atoms with Crippen LogP contribution in [0.4, 0.5) is 0 Å². The van der Waals surface area contributed by atoms with Crippen LogP contribution in [0.2, 0.25) is 0 Å². The fraction of sp³-hybridized carbons (Fsp3) is 0.625. The summed E-state index contributed by atoms with van der Waals surface area (Å²) in [6, 6.07) is 9.39. The summed E-state index contributed by atoms with van der Waals surface area (Å²) in [5, 5.41) is 3.16. The van der Waals surface area contributed by atoms with E-state index in [1.165, 1.54) is 30.5 Å². The van der Waals surface area contributed by atoms with E-state index in [0.717, 1.165) is 32.2 Å². The van der Waals surface area contributed by atoms with E-state index in [1.807, 2.05) is 7.05 Å². The van der Waals surface area contributed by atoms with Crippen molar-refractivity contribution < 1.29 is 4.74 Å². The Balaban J connectivity index is 1.65. The molecule has 1 aliphatic rings. The third-order valence-electron chi connectivity index (χ3n) is 3.94. The van der Waals surface area contributed by atoms with Crippen molar-refractivity contribution in [1.82, 2.24) is 10.2 Å². The van der Waals surface area contributed by atoms with Crippen LogP contribution in [-0.2, 0) is 17.9 Å². The van der Waals surface area contributed by atoms with Crippen LogP contribution in [0.3, 0.4) is 0 Å². The van der Waals surface area contributed by atoms with Crippen molar-refractivity contribution in [3.8, 4) is 0 Å². The number of nitrogens with zero attached hydrogens (tertiary/aromatic N) is 1. The third kappa shape index (κ3) is 4.60. The maximum atomic E-state index is 5.79. The van der Waals surface area contributed by atoms with Gasteiger partial charge in [-0.25, -0.2) is 0 Å². The summed E-state index contributed by atoms with van der Waals surface area (Å²) in [5.74, 6) is 0. The Kier molecular flexibility index (Phi) is 5.83. The molecule has 106 valence electrons. The molecule has 0 amide bonds. The van der Waals surface area contributed by atoms with Crippen molar-refractivity contribution in [1.29, 1.82) is 0 Å². The Bertz CT molecular complexity index is 364. The molecule has 0 radical (unpaired) electrons. The molecule has 1 heterocycles. The Morgan fingerprint density at radius 1 is 1.26 bits per heavy atom. The van der Waals surface area contributed by atoms with E-state index in [2.05, 4.69) is 41.5 Å². The van der Waals surface area contributed by atoms with Crippen molar-refractivity contribution in [2.45, 2.75) is 38.5 Å². The normalized spacial score (nSPS) is 20.0. The summed E-state index contributed by atoms with van der Waals surface area (Å²) in [7, 11) is 4.19. The summed E-state index contributed by atoms with van der Waals surface area (Å²) < 4.78 is 5.79. The van der Waals surface area contributed by atoms with E-state index < -0.39 is 0 Å². The van der Waals surface area contributed by atoms with Gasteiger partial charge in [0.15, 0.2) is 0 Å². The van der Waals surface area contributed by atoms with E-state index in [4.69, 9.17) is 4.74 Å². The van der Waals surface area contributed by atoms with Gasteiger partial charge in [-0.15, -0.1) is 0 Å². The summed E-state index contributed by atoms with van der Waals surface area (Å²) in [6.45, 7) is 3.77. The zero-order chi connectivity index (χ0) is 13.5. The number of nitrogens with one attached hydrogen (secondary N) is 1. The molecule has 0 spiro atoms. The lowest BCUT2D eigenvalue weighted by Gasteiger charge is -2.19. The second-order valence-corrected chi connectivity index (χ2v) is 5.46. The minimum atomic E-state index is 0.732. The topological polar surface area (TPSA) is 24.5 Å². The van der Waals surface area contributed by atoms with Gasteiger partial charge in [-0.05, 0) is 51.0 Å². The van der Waals surface area contributed by atoms with Gasteiger partial charge < -0.3 is 15.0 Å². The van der Waals surface area contributed by atoms with Crippen molar-refractivity contribution in [2.24, 2.45) is 0 Å². The monoisotopic (exact) mass is 262 g/mol. The van der Waals surface area contributed by atoms with Gasteiger partial charge in [-0.3, -0.25) is 0 Å². The predicted octanol–water partition coefficient (Wildman–Crippen LogP) is 2.41. The Morgan fingerprint density at radius 3 is 2.63 bits per heavy atom. The fourth-order valence-electron chi connectivity index (χ4n) is 2.71. The van der Waals surface area contributed by atoms with Crippen LogP contribution in [0.1, 0.15) is 30.4 Å². The van der Waals surface area contributed by atoms with E-state index in [9.17, 15) is 0 Å². The van der Waals surface area contributed by atoms with Crippen molar-refractivity contribution in [3.63, 3.8) is 0 Å². The lowest BCUT2D eigenvalue weighted by Crippen LogP contribution is -2.26. The van der Waals surface area contributed by atoms with Crippen molar-refractivity contribution in [2.75, 3.05) is 27.2 Å². The van der Waals surface area contributed by atoms with Crippen LogP contribution < -0.4 is 5.32 Å². The van der Waals surface area contributed by atoms with Gasteiger partial charge in [-0.1, -0.05) is 24.3 Å². The SMILES string of the molecule is CNCc1ccc(COCCC2CCCN2C)cc1. The number of rotatable bonds is 7. The highest BCUT2D eigenvalue weighted by molar-refractivity contribution is 5.21. The molecule has 0 aliphatic carbocycles. The van der Waals surface area contributed by atoms with Gasteiger partial charge in [0.2, 0.25) is 0 Å². The first-order valence-corrected chi connectivity index (χ1v) is 7.30. The molecule has 3 nitrogen and oxygen atoms in total. The molecule has 0 bridgehead atoms. The standard InChI is InChI=1S/C16H26N2O/c1-17-12-14-5-7-15(8-6-14)13-19-11-9-16-4-3-10-18(16)2/h5-8,16-17H,3-4,9-13H2,1-2H3. The van der Waals surface area contributed by atoms with Crippen LogP contribution in [-0.4, -0.2) is 38.2 Å². The molecule has 1 aromatic rings. The maximum absolute atomic E-state index is 5.79. The highest BCUT2D eigenvalue weighted by atomic mass is 16.5. The predicted molar refractivity (Wildman–Crippen MR) is 79.1 cm³/mol. The highest BCUT2D eigenvalue weighted by Gasteiger charge is 2.19. The molecule has 1 fully saturated rings. The zero-order valence-corrected chi connectivity index (χ0v) is 12.2. The second-order valence-electron chi connectivity index (χ2n) is 5.46. The van der Waals surface area contributed by atoms with E-state index in [-0.39, 0.29) is 0 Å². The molecule has 1 unspecified atom stereocenters. The first-order valence-electron chi connectivity index (χ1n) is 7.30. The quantitative estimate of drug-likeness (QED) is 0.764.